The molecule has 0 fully saturated rings. The van der Waals surface area contributed by atoms with Crippen molar-refractivity contribution in [3.05, 3.63) is 58.4 Å². The summed E-state index contributed by atoms with van der Waals surface area (Å²) in [6, 6.07) is 9.10. The molecular formula is C24H33FIN3O4. The van der Waals surface area contributed by atoms with Gasteiger partial charge in [0, 0.05) is 37.9 Å². The second kappa shape index (κ2) is 14.2. The molecule has 3 rings (SSSR count). The molecule has 2 aromatic carbocycles. The average Bonchev–Trinajstić information content (AvgIpc) is 2.79. The lowest BCUT2D eigenvalue weighted by Gasteiger charge is -2.21. The number of nitrogens with one attached hydrogen (secondary N) is 2. The van der Waals surface area contributed by atoms with E-state index in [4.69, 9.17) is 18.9 Å². The van der Waals surface area contributed by atoms with Crippen LogP contribution >= 0.6 is 24.0 Å². The predicted molar refractivity (Wildman–Crippen MR) is 137 cm³/mol. The van der Waals surface area contributed by atoms with Gasteiger partial charge in [-0.1, -0.05) is 12.1 Å². The lowest BCUT2D eigenvalue weighted by molar-refractivity contribution is -0.0172. The summed E-state index contributed by atoms with van der Waals surface area (Å²) in [5, 5.41) is 6.58. The monoisotopic (exact) mass is 573 g/mol. The van der Waals surface area contributed by atoms with Gasteiger partial charge >= 0.3 is 0 Å². The van der Waals surface area contributed by atoms with Gasteiger partial charge < -0.3 is 29.6 Å². The molecule has 0 spiro atoms. The Hall–Kier alpha value is -2.11. The third kappa shape index (κ3) is 8.31. The summed E-state index contributed by atoms with van der Waals surface area (Å²) in [6.45, 7) is 7.41. The largest absolute Gasteiger partial charge is 0.491 e. The van der Waals surface area contributed by atoms with Gasteiger partial charge in [-0.05, 0) is 49.6 Å². The molecule has 7 nitrogen and oxygen atoms in total. The van der Waals surface area contributed by atoms with Crippen LogP contribution in [0.4, 0.5) is 4.39 Å². The maximum atomic E-state index is 13.9. The Morgan fingerprint density at radius 2 is 2.00 bits per heavy atom. The number of ether oxygens (including phenoxy) is 4. The number of aryl methyl sites for hydroxylation is 1. The Bertz CT molecular complexity index is 927. The van der Waals surface area contributed by atoms with Crippen molar-refractivity contribution in [1.82, 2.24) is 10.6 Å². The van der Waals surface area contributed by atoms with Gasteiger partial charge in [0.15, 0.2) is 12.8 Å². The van der Waals surface area contributed by atoms with Crippen LogP contribution in [0.5, 0.6) is 11.5 Å². The number of guanidine groups is 1. The maximum Gasteiger partial charge on any atom is 0.191 e. The Kier molecular flexibility index (Phi) is 11.7. The fraction of sp³-hybridized carbons (Fsp3) is 0.458. The second-order valence-electron chi connectivity index (χ2n) is 7.42. The first-order valence-corrected chi connectivity index (χ1v) is 10.9. The van der Waals surface area contributed by atoms with E-state index in [1.807, 2.05) is 26.0 Å². The smallest absolute Gasteiger partial charge is 0.191 e. The molecule has 0 amide bonds. The van der Waals surface area contributed by atoms with E-state index in [-0.39, 0.29) is 36.6 Å². The highest BCUT2D eigenvalue weighted by Crippen LogP contribution is 2.29. The third-order valence-electron chi connectivity index (χ3n) is 5.02. The van der Waals surface area contributed by atoms with Gasteiger partial charge in [0.2, 0.25) is 0 Å². The molecule has 1 aliphatic rings. The molecule has 0 radical (unpaired) electrons. The van der Waals surface area contributed by atoms with Gasteiger partial charge in [0.1, 0.15) is 23.9 Å². The molecule has 182 valence electrons. The van der Waals surface area contributed by atoms with Gasteiger partial charge in [0.05, 0.1) is 13.2 Å². The van der Waals surface area contributed by atoms with Crippen molar-refractivity contribution in [3.63, 3.8) is 0 Å². The van der Waals surface area contributed by atoms with Crippen LogP contribution in [0.2, 0.25) is 0 Å². The van der Waals surface area contributed by atoms with Gasteiger partial charge in [-0.25, -0.2) is 4.39 Å². The van der Waals surface area contributed by atoms with Crippen LogP contribution in [0.3, 0.4) is 0 Å². The van der Waals surface area contributed by atoms with Crippen molar-refractivity contribution in [2.24, 2.45) is 4.99 Å². The number of benzene rings is 2. The van der Waals surface area contributed by atoms with Crippen LogP contribution in [0.1, 0.15) is 29.2 Å². The standard InChI is InChI=1S/C24H32FN3O4.HI/c1-4-29-9-10-31-22-11-17(2)5-6-19(22)14-28-24(26-3)27-8-7-18-12-21(25)13-20-15-30-16-32-23(18)20;/h5-6,11-13H,4,7-10,14-16H2,1-3H3,(H2,26,27,28);1H. The molecular weight excluding hydrogens is 540 g/mol. The van der Waals surface area contributed by atoms with Gasteiger partial charge in [-0.15, -0.1) is 24.0 Å². The van der Waals surface area contributed by atoms with Gasteiger partial charge in [-0.3, -0.25) is 4.99 Å². The molecule has 0 bridgehead atoms. The summed E-state index contributed by atoms with van der Waals surface area (Å²) < 4.78 is 36.0. The molecule has 9 heteroatoms. The Balaban J connectivity index is 0.00000385. The molecule has 0 atom stereocenters. The number of hydrogen-bond donors (Lipinski definition) is 2. The predicted octanol–water partition coefficient (Wildman–Crippen LogP) is 3.94. The minimum absolute atomic E-state index is 0. The van der Waals surface area contributed by atoms with Crippen molar-refractivity contribution in [2.75, 3.05) is 40.2 Å². The molecule has 33 heavy (non-hydrogen) atoms. The fourth-order valence-electron chi connectivity index (χ4n) is 3.45. The highest BCUT2D eigenvalue weighted by atomic mass is 127. The Morgan fingerprint density at radius 3 is 2.79 bits per heavy atom. The van der Waals surface area contributed by atoms with Crippen LogP contribution < -0.4 is 20.1 Å². The van der Waals surface area contributed by atoms with Crippen LogP contribution in [0.25, 0.3) is 0 Å². The quantitative estimate of drug-likeness (QED) is 0.194. The molecule has 2 aromatic rings. The van der Waals surface area contributed by atoms with E-state index < -0.39 is 0 Å². The zero-order valence-corrected chi connectivity index (χ0v) is 21.7. The molecule has 1 heterocycles. The van der Waals surface area contributed by atoms with E-state index in [9.17, 15) is 4.39 Å². The highest BCUT2D eigenvalue weighted by Gasteiger charge is 2.17. The lowest BCUT2D eigenvalue weighted by atomic mass is 10.1. The second-order valence-corrected chi connectivity index (χ2v) is 7.42. The normalized spacial score (nSPS) is 12.9. The molecule has 0 aliphatic carbocycles. The third-order valence-corrected chi connectivity index (χ3v) is 5.02. The highest BCUT2D eigenvalue weighted by molar-refractivity contribution is 14.0. The van der Waals surface area contributed by atoms with Crippen molar-refractivity contribution < 1.29 is 23.3 Å². The van der Waals surface area contributed by atoms with Crippen LogP contribution in [0, 0.1) is 12.7 Å². The number of aliphatic imine (C=N–C) groups is 1. The number of fused-ring (bicyclic) bond motifs is 1. The van der Waals surface area contributed by atoms with E-state index in [0.29, 0.717) is 51.9 Å². The minimum atomic E-state index is -0.286. The van der Waals surface area contributed by atoms with Crippen molar-refractivity contribution in [1.29, 1.82) is 0 Å². The van der Waals surface area contributed by atoms with E-state index >= 15 is 0 Å². The summed E-state index contributed by atoms with van der Waals surface area (Å²) in [6.07, 6.45) is 0.594. The van der Waals surface area contributed by atoms with Crippen LogP contribution in [-0.2, 0) is 29.0 Å². The van der Waals surface area contributed by atoms with Crippen LogP contribution in [0.15, 0.2) is 35.3 Å². The average molecular weight is 573 g/mol. The fourth-order valence-corrected chi connectivity index (χ4v) is 3.45. The zero-order chi connectivity index (χ0) is 22.8. The lowest BCUT2D eigenvalue weighted by Crippen LogP contribution is -2.38. The summed E-state index contributed by atoms with van der Waals surface area (Å²) in [5.74, 6) is 1.92. The first-order chi connectivity index (χ1) is 15.6. The SMILES string of the molecule is CCOCCOc1cc(C)ccc1CNC(=NC)NCCc1cc(F)cc2c1OCOC2.I. The summed E-state index contributed by atoms with van der Waals surface area (Å²) in [7, 11) is 1.72. The zero-order valence-electron chi connectivity index (χ0n) is 19.4. The van der Waals surface area contributed by atoms with E-state index in [1.165, 1.54) is 12.1 Å². The van der Waals surface area contributed by atoms with Crippen LogP contribution in [-0.4, -0.2) is 46.2 Å². The molecule has 2 N–H and O–H groups in total. The molecule has 0 saturated heterocycles. The number of nitrogens with zero attached hydrogens (tertiary/aromatic N) is 1. The number of hydrogen-bond acceptors (Lipinski definition) is 5. The molecule has 0 unspecified atom stereocenters. The van der Waals surface area contributed by atoms with E-state index in [2.05, 4.69) is 21.7 Å². The number of rotatable bonds is 10. The first kappa shape index (κ1) is 27.1. The first-order valence-electron chi connectivity index (χ1n) is 10.9. The van der Waals surface area contributed by atoms with Crippen molar-refractivity contribution >= 4 is 29.9 Å². The molecule has 0 saturated carbocycles. The Morgan fingerprint density at radius 1 is 1.15 bits per heavy atom. The minimum Gasteiger partial charge on any atom is -0.491 e. The van der Waals surface area contributed by atoms with E-state index in [0.717, 1.165) is 33.8 Å². The number of halogens is 2. The molecule has 0 aromatic heterocycles. The van der Waals surface area contributed by atoms with E-state index in [1.54, 1.807) is 7.05 Å². The topological polar surface area (TPSA) is 73.3 Å². The van der Waals surface area contributed by atoms with Crippen molar-refractivity contribution in [2.45, 2.75) is 33.4 Å². The summed E-state index contributed by atoms with van der Waals surface area (Å²) >= 11 is 0. The summed E-state index contributed by atoms with van der Waals surface area (Å²) in [4.78, 5) is 4.28. The van der Waals surface area contributed by atoms with Crippen molar-refractivity contribution in [3.8, 4) is 11.5 Å². The van der Waals surface area contributed by atoms with Gasteiger partial charge in [-0.2, -0.15) is 0 Å². The Labute approximate surface area is 212 Å². The van der Waals surface area contributed by atoms with Gasteiger partial charge in [0.25, 0.3) is 0 Å². The molecule has 1 aliphatic heterocycles. The summed E-state index contributed by atoms with van der Waals surface area (Å²) in [5.41, 5.74) is 3.72. The maximum absolute atomic E-state index is 13.9.